The normalized spacial score (nSPS) is 15.0. The van der Waals surface area contributed by atoms with Gasteiger partial charge in [-0.05, 0) is 50.6 Å². The van der Waals surface area contributed by atoms with Gasteiger partial charge in [-0.1, -0.05) is 54.2 Å². The molecular weight excluding hydrogens is 474 g/mol. The first kappa shape index (κ1) is 26.6. The summed E-state index contributed by atoms with van der Waals surface area (Å²) in [7, 11) is 0. The fourth-order valence-corrected chi connectivity index (χ4v) is 4.63. The Morgan fingerprint density at radius 1 is 1.17 bits per heavy atom. The molecular formula is C28H29N3O4S. The fraction of sp³-hybridized carbons (Fsp3) is 0.250. The molecule has 1 aliphatic rings. The largest absolute Gasteiger partial charge is 0.494 e. The average Bonchev–Trinajstić information content (AvgIpc) is 2.87. The van der Waals surface area contributed by atoms with Crippen molar-refractivity contribution in [1.82, 2.24) is 5.32 Å². The van der Waals surface area contributed by atoms with Crippen LogP contribution < -0.4 is 15.4 Å². The van der Waals surface area contributed by atoms with Gasteiger partial charge in [0.1, 0.15) is 12.4 Å². The van der Waals surface area contributed by atoms with Crippen molar-refractivity contribution in [2.45, 2.75) is 26.7 Å². The van der Waals surface area contributed by atoms with Crippen molar-refractivity contribution in [3.8, 4) is 11.8 Å². The molecule has 0 bridgehead atoms. The number of carbonyl (C=O) groups excluding carboxylic acids is 2. The molecule has 1 heterocycles. The van der Waals surface area contributed by atoms with Gasteiger partial charge < -0.3 is 20.1 Å². The molecule has 8 heteroatoms. The third kappa shape index (κ3) is 6.58. The molecule has 0 saturated heterocycles. The second kappa shape index (κ2) is 12.7. The number of hydrogen-bond donors (Lipinski definition) is 2. The topological polar surface area (TPSA) is 100 Å². The van der Waals surface area contributed by atoms with E-state index in [-0.39, 0.29) is 18.3 Å². The van der Waals surface area contributed by atoms with Crippen LogP contribution in [-0.2, 0) is 14.3 Å². The zero-order chi connectivity index (χ0) is 26.1. The highest BCUT2D eigenvalue weighted by molar-refractivity contribution is 8.03. The number of ether oxygens (including phenoxy) is 2. The molecule has 36 heavy (non-hydrogen) atoms. The van der Waals surface area contributed by atoms with Crippen molar-refractivity contribution in [2.75, 3.05) is 24.3 Å². The van der Waals surface area contributed by atoms with Gasteiger partial charge in [-0.3, -0.25) is 4.79 Å². The van der Waals surface area contributed by atoms with Gasteiger partial charge in [0.2, 0.25) is 5.91 Å². The van der Waals surface area contributed by atoms with E-state index in [1.54, 1.807) is 19.1 Å². The van der Waals surface area contributed by atoms with Crippen molar-refractivity contribution in [1.29, 1.82) is 5.26 Å². The van der Waals surface area contributed by atoms with Gasteiger partial charge in [-0.2, -0.15) is 5.26 Å². The van der Waals surface area contributed by atoms with Gasteiger partial charge in [0.25, 0.3) is 0 Å². The molecule has 3 rings (SSSR count). The maximum Gasteiger partial charge on any atom is 0.337 e. The monoisotopic (exact) mass is 503 g/mol. The summed E-state index contributed by atoms with van der Waals surface area (Å²) in [4.78, 5) is 25.6. The number of esters is 1. The van der Waals surface area contributed by atoms with Crippen molar-refractivity contribution in [3.05, 3.63) is 94.2 Å². The summed E-state index contributed by atoms with van der Waals surface area (Å²) in [6, 6.07) is 17.1. The lowest BCUT2D eigenvalue weighted by Crippen LogP contribution is -2.29. The molecule has 0 saturated carbocycles. The zero-order valence-electron chi connectivity index (χ0n) is 20.6. The average molecular weight is 504 g/mol. The molecule has 1 aliphatic heterocycles. The molecule has 2 aromatic carbocycles. The number of rotatable bonds is 10. The van der Waals surface area contributed by atoms with Gasteiger partial charge in [-0.15, -0.1) is 0 Å². The lowest BCUT2D eigenvalue weighted by molar-refractivity contribution is -0.138. The maximum absolute atomic E-state index is 13.0. The zero-order valence-corrected chi connectivity index (χ0v) is 21.4. The van der Waals surface area contributed by atoms with Gasteiger partial charge in [0, 0.05) is 11.4 Å². The third-order valence-corrected chi connectivity index (χ3v) is 6.42. The van der Waals surface area contributed by atoms with Crippen molar-refractivity contribution in [2.24, 2.45) is 0 Å². The first-order valence-electron chi connectivity index (χ1n) is 11.5. The number of benzene rings is 2. The van der Waals surface area contributed by atoms with Crippen LogP contribution >= 0.6 is 11.8 Å². The Labute approximate surface area is 215 Å². The number of allylic oxidation sites excluding steroid dienone is 2. The Morgan fingerprint density at radius 3 is 2.47 bits per heavy atom. The van der Waals surface area contributed by atoms with E-state index in [0.717, 1.165) is 11.1 Å². The Morgan fingerprint density at radius 2 is 1.86 bits per heavy atom. The predicted molar refractivity (Wildman–Crippen MR) is 142 cm³/mol. The second-order valence-electron chi connectivity index (χ2n) is 8.04. The van der Waals surface area contributed by atoms with Crippen LogP contribution in [0, 0.1) is 18.3 Å². The molecule has 0 spiro atoms. The number of thioether (sulfide) groups is 1. The van der Waals surface area contributed by atoms with E-state index in [9.17, 15) is 14.9 Å². The minimum absolute atomic E-state index is 0.0536. The number of nitrogens with one attached hydrogen (secondary N) is 2. The number of amides is 1. The molecule has 1 atom stereocenters. The van der Waals surface area contributed by atoms with Gasteiger partial charge in [0.05, 0.1) is 40.5 Å². The van der Waals surface area contributed by atoms with E-state index >= 15 is 0 Å². The van der Waals surface area contributed by atoms with Crippen LogP contribution in [0.1, 0.15) is 30.9 Å². The Hall–Kier alpha value is -3.96. The minimum Gasteiger partial charge on any atom is -0.494 e. The number of dihydropyridines is 1. The lowest BCUT2D eigenvalue weighted by atomic mass is 9.82. The number of nitrogens with zero attached hydrogens (tertiary/aromatic N) is 1. The molecule has 186 valence electrons. The molecule has 0 aromatic heterocycles. The van der Waals surface area contributed by atoms with E-state index in [1.807, 2.05) is 50.2 Å². The molecule has 0 radical (unpaired) electrons. The summed E-state index contributed by atoms with van der Waals surface area (Å²) in [6.45, 7) is 9.81. The van der Waals surface area contributed by atoms with E-state index in [1.165, 1.54) is 17.8 Å². The van der Waals surface area contributed by atoms with Gasteiger partial charge in [-0.25, -0.2) is 4.79 Å². The summed E-state index contributed by atoms with van der Waals surface area (Å²) >= 11 is 1.21. The first-order chi connectivity index (χ1) is 17.4. The van der Waals surface area contributed by atoms with E-state index in [2.05, 4.69) is 23.3 Å². The van der Waals surface area contributed by atoms with Crippen molar-refractivity contribution < 1.29 is 19.1 Å². The van der Waals surface area contributed by atoms with Crippen LogP contribution in [0.15, 0.2) is 83.1 Å². The van der Waals surface area contributed by atoms with Gasteiger partial charge >= 0.3 is 5.97 Å². The van der Waals surface area contributed by atoms with Crippen LogP contribution in [-0.4, -0.2) is 30.8 Å². The van der Waals surface area contributed by atoms with Crippen molar-refractivity contribution in [3.63, 3.8) is 0 Å². The molecule has 0 unspecified atom stereocenters. The Bertz CT molecular complexity index is 1220. The van der Waals surface area contributed by atoms with Crippen LogP contribution in [0.4, 0.5) is 5.69 Å². The lowest BCUT2D eigenvalue weighted by Gasteiger charge is -2.29. The number of hydrogen-bond acceptors (Lipinski definition) is 7. The van der Waals surface area contributed by atoms with Gasteiger partial charge in [0.15, 0.2) is 0 Å². The summed E-state index contributed by atoms with van der Waals surface area (Å²) in [5, 5.41) is 16.7. The van der Waals surface area contributed by atoms with Crippen molar-refractivity contribution >= 4 is 29.3 Å². The van der Waals surface area contributed by atoms with Crippen LogP contribution in [0.2, 0.25) is 0 Å². The van der Waals surface area contributed by atoms with Crippen LogP contribution in [0.3, 0.4) is 0 Å². The maximum atomic E-state index is 13.0. The molecule has 7 nitrogen and oxygen atoms in total. The molecule has 1 amide bonds. The number of anilines is 1. The SMILES string of the molecule is C=CCOC(=O)C1=C(C)NC(SCC(=O)Nc2ccc(C)cc2)=C(C#N)[C@@H]1c1ccc(OCC)cc1. The highest BCUT2D eigenvalue weighted by Gasteiger charge is 2.35. The Balaban J connectivity index is 1.90. The van der Waals surface area contributed by atoms with Crippen LogP contribution in [0.5, 0.6) is 5.75 Å². The number of carbonyl (C=O) groups is 2. The Kier molecular flexibility index (Phi) is 9.37. The highest BCUT2D eigenvalue weighted by atomic mass is 32.2. The third-order valence-electron chi connectivity index (χ3n) is 5.41. The van der Waals surface area contributed by atoms with E-state index in [4.69, 9.17) is 9.47 Å². The number of nitriles is 1. The molecule has 0 fully saturated rings. The summed E-state index contributed by atoms with van der Waals surface area (Å²) in [5.41, 5.74) is 3.77. The number of aryl methyl sites for hydroxylation is 1. The second-order valence-corrected chi connectivity index (χ2v) is 9.03. The van der Waals surface area contributed by atoms with E-state index < -0.39 is 11.9 Å². The van der Waals surface area contributed by atoms with Crippen LogP contribution in [0.25, 0.3) is 0 Å². The predicted octanol–water partition coefficient (Wildman–Crippen LogP) is 5.19. The minimum atomic E-state index is -0.660. The standard InChI is InChI=1S/C28H29N3O4S/c1-5-15-35-28(33)25-19(4)30-27(36-17-24(32)31-21-11-7-18(3)8-12-21)23(16-29)26(25)20-9-13-22(14-10-20)34-6-2/h5,7-14,26,30H,1,6,15,17H2,2-4H3,(H,31,32)/t26-/m0/s1. The summed E-state index contributed by atoms with van der Waals surface area (Å²) in [6.07, 6.45) is 1.49. The van der Waals surface area contributed by atoms with E-state index in [0.29, 0.717) is 39.9 Å². The first-order valence-corrected chi connectivity index (χ1v) is 12.5. The smallest absolute Gasteiger partial charge is 0.337 e. The summed E-state index contributed by atoms with van der Waals surface area (Å²) < 4.78 is 10.9. The molecule has 0 aliphatic carbocycles. The fourth-order valence-electron chi connectivity index (χ4n) is 3.74. The quantitative estimate of drug-likeness (QED) is 0.340. The molecule has 2 N–H and O–H groups in total. The summed E-state index contributed by atoms with van der Waals surface area (Å²) in [5.74, 6) is -0.622. The molecule has 2 aromatic rings. The highest BCUT2D eigenvalue weighted by Crippen LogP contribution is 2.41.